The molecule has 0 spiro atoms. The van der Waals surface area contributed by atoms with Gasteiger partial charge < -0.3 is 16.4 Å². The summed E-state index contributed by atoms with van der Waals surface area (Å²) in [6, 6.07) is 9.79. The highest BCUT2D eigenvalue weighted by Crippen LogP contribution is 2.13. The van der Waals surface area contributed by atoms with Gasteiger partial charge in [0.1, 0.15) is 0 Å². The third kappa shape index (κ3) is 3.82. The van der Waals surface area contributed by atoms with Crippen molar-refractivity contribution in [1.29, 1.82) is 0 Å². The number of hydrogen-bond acceptors (Lipinski definition) is 3. The molecule has 1 fully saturated rings. The Balaban J connectivity index is 1.80. The smallest absolute Gasteiger partial charge is 0.222 e. The normalized spacial score (nSPS) is 21.3. The highest BCUT2D eigenvalue weighted by atomic mass is 16.1. The van der Waals surface area contributed by atoms with Gasteiger partial charge in [-0.25, -0.2) is 0 Å². The molecule has 2 rings (SSSR count). The number of carbonyl (C=O) groups excluding carboxylic acids is 1. The monoisotopic (exact) mass is 247 g/mol. The number of rotatable bonds is 4. The van der Waals surface area contributed by atoms with Gasteiger partial charge in [0.15, 0.2) is 0 Å². The van der Waals surface area contributed by atoms with Gasteiger partial charge in [0.05, 0.1) is 0 Å². The second-order valence-electron chi connectivity index (χ2n) is 4.83. The van der Waals surface area contributed by atoms with Gasteiger partial charge in [-0.05, 0) is 24.9 Å². The van der Waals surface area contributed by atoms with Crippen molar-refractivity contribution in [3.05, 3.63) is 35.9 Å². The van der Waals surface area contributed by atoms with Gasteiger partial charge in [-0.1, -0.05) is 30.3 Å². The van der Waals surface area contributed by atoms with Crippen LogP contribution in [0, 0.1) is 0 Å². The fraction of sp³-hybridized carbons (Fsp3) is 0.500. The van der Waals surface area contributed by atoms with Crippen LogP contribution in [0.1, 0.15) is 30.9 Å². The van der Waals surface area contributed by atoms with Crippen LogP contribution in [-0.4, -0.2) is 25.0 Å². The van der Waals surface area contributed by atoms with E-state index in [1.807, 2.05) is 30.3 Å². The molecule has 1 aliphatic rings. The standard InChI is InChI=1S/C14H21N3O/c15-13(11-5-2-1-3-6-11)9-14(18)17-12-7-4-8-16-10-12/h1-3,5-6,12-13,16H,4,7-10,15H2,(H,17,18). The minimum absolute atomic E-state index is 0.0417. The number of amides is 1. The van der Waals surface area contributed by atoms with Crippen molar-refractivity contribution in [3.63, 3.8) is 0 Å². The van der Waals surface area contributed by atoms with Crippen molar-refractivity contribution in [2.45, 2.75) is 31.3 Å². The van der Waals surface area contributed by atoms with Crippen LogP contribution >= 0.6 is 0 Å². The number of carbonyl (C=O) groups is 1. The van der Waals surface area contributed by atoms with Crippen molar-refractivity contribution < 1.29 is 4.79 Å². The summed E-state index contributed by atoms with van der Waals surface area (Å²) < 4.78 is 0. The van der Waals surface area contributed by atoms with E-state index < -0.39 is 0 Å². The van der Waals surface area contributed by atoms with Crippen LogP contribution in [0.5, 0.6) is 0 Å². The third-order valence-corrected chi connectivity index (χ3v) is 3.30. The Morgan fingerprint density at radius 2 is 2.22 bits per heavy atom. The Morgan fingerprint density at radius 3 is 2.89 bits per heavy atom. The number of nitrogens with one attached hydrogen (secondary N) is 2. The second kappa shape index (κ2) is 6.52. The molecule has 2 unspecified atom stereocenters. The lowest BCUT2D eigenvalue weighted by molar-refractivity contribution is -0.122. The lowest BCUT2D eigenvalue weighted by Gasteiger charge is -2.24. The first-order valence-electron chi connectivity index (χ1n) is 6.56. The van der Waals surface area contributed by atoms with E-state index in [0.29, 0.717) is 6.42 Å². The maximum absolute atomic E-state index is 11.9. The molecule has 4 heteroatoms. The van der Waals surface area contributed by atoms with Crippen LogP contribution < -0.4 is 16.4 Å². The zero-order valence-electron chi connectivity index (χ0n) is 10.6. The molecule has 1 saturated heterocycles. The van der Waals surface area contributed by atoms with E-state index >= 15 is 0 Å². The molecule has 1 aromatic rings. The van der Waals surface area contributed by atoms with Crippen molar-refractivity contribution in [2.24, 2.45) is 5.73 Å². The third-order valence-electron chi connectivity index (χ3n) is 3.30. The summed E-state index contributed by atoms with van der Waals surface area (Å²) >= 11 is 0. The van der Waals surface area contributed by atoms with Gasteiger partial charge in [-0.2, -0.15) is 0 Å². The Kier molecular flexibility index (Phi) is 4.73. The van der Waals surface area contributed by atoms with Crippen LogP contribution in [0.4, 0.5) is 0 Å². The van der Waals surface area contributed by atoms with E-state index in [1.165, 1.54) is 0 Å². The molecule has 0 saturated carbocycles. The zero-order chi connectivity index (χ0) is 12.8. The van der Waals surface area contributed by atoms with Crippen LogP contribution in [0.3, 0.4) is 0 Å². The summed E-state index contributed by atoms with van der Waals surface area (Å²) in [6.45, 7) is 1.92. The van der Waals surface area contributed by atoms with E-state index in [0.717, 1.165) is 31.5 Å². The van der Waals surface area contributed by atoms with Crippen molar-refractivity contribution in [1.82, 2.24) is 10.6 Å². The number of piperidine rings is 1. The van der Waals surface area contributed by atoms with Gasteiger partial charge in [-0.15, -0.1) is 0 Å². The second-order valence-corrected chi connectivity index (χ2v) is 4.83. The van der Waals surface area contributed by atoms with E-state index in [-0.39, 0.29) is 18.0 Å². The minimum Gasteiger partial charge on any atom is -0.352 e. The minimum atomic E-state index is -0.220. The molecule has 98 valence electrons. The topological polar surface area (TPSA) is 67.2 Å². The van der Waals surface area contributed by atoms with Crippen LogP contribution in [0.25, 0.3) is 0 Å². The number of hydrogen-bond donors (Lipinski definition) is 3. The molecule has 4 nitrogen and oxygen atoms in total. The fourth-order valence-electron chi connectivity index (χ4n) is 2.28. The molecule has 1 heterocycles. The Hall–Kier alpha value is -1.39. The first-order valence-corrected chi connectivity index (χ1v) is 6.56. The molecular formula is C14H21N3O. The first kappa shape index (κ1) is 13.1. The molecule has 1 aliphatic heterocycles. The molecule has 0 radical (unpaired) electrons. The molecule has 4 N–H and O–H groups in total. The Morgan fingerprint density at radius 1 is 1.44 bits per heavy atom. The summed E-state index contributed by atoms with van der Waals surface area (Å²) in [7, 11) is 0. The maximum atomic E-state index is 11.9. The summed E-state index contributed by atoms with van der Waals surface area (Å²) in [5.41, 5.74) is 7.03. The summed E-state index contributed by atoms with van der Waals surface area (Å²) in [5.74, 6) is 0.0417. The summed E-state index contributed by atoms with van der Waals surface area (Å²) in [4.78, 5) is 11.9. The predicted octanol–water partition coefficient (Wildman–Crippen LogP) is 0.945. The fourth-order valence-corrected chi connectivity index (χ4v) is 2.28. The quantitative estimate of drug-likeness (QED) is 0.742. The zero-order valence-corrected chi connectivity index (χ0v) is 10.6. The molecule has 0 aliphatic carbocycles. The van der Waals surface area contributed by atoms with Gasteiger partial charge in [0, 0.05) is 25.0 Å². The average Bonchev–Trinajstić information content (AvgIpc) is 2.40. The molecule has 0 bridgehead atoms. The van der Waals surface area contributed by atoms with Gasteiger partial charge in [0.25, 0.3) is 0 Å². The molecule has 18 heavy (non-hydrogen) atoms. The van der Waals surface area contributed by atoms with Crippen LogP contribution in [0.2, 0.25) is 0 Å². The lowest BCUT2D eigenvalue weighted by atomic mass is 10.0. The molecule has 1 aromatic carbocycles. The highest BCUT2D eigenvalue weighted by molar-refractivity contribution is 5.77. The van der Waals surface area contributed by atoms with Gasteiger partial charge in [-0.3, -0.25) is 4.79 Å². The highest BCUT2D eigenvalue weighted by Gasteiger charge is 2.17. The molecule has 2 atom stereocenters. The van der Waals surface area contributed by atoms with Crippen LogP contribution in [0.15, 0.2) is 30.3 Å². The molecule has 1 amide bonds. The van der Waals surface area contributed by atoms with E-state index in [4.69, 9.17) is 5.73 Å². The van der Waals surface area contributed by atoms with Crippen LogP contribution in [-0.2, 0) is 4.79 Å². The summed E-state index contributed by atoms with van der Waals surface area (Å²) in [5, 5.41) is 6.32. The van der Waals surface area contributed by atoms with E-state index in [1.54, 1.807) is 0 Å². The lowest BCUT2D eigenvalue weighted by Crippen LogP contribution is -2.46. The molecular weight excluding hydrogens is 226 g/mol. The van der Waals surface area contributed by atoms with Crippen molar-refractivity contribution in [2.75, 3.05) is 13.1 Å². The van der Waals surface area contributed by atoms with E-state index in [9.17, 15) is 4.79 Å². The predicted molar refractivity (Wildman–Crippen MR) is 72.0 cm³/mol. The number of nitrogens with two attached hydrogens (primary N) is 1. The maximum Gasteiger partial charge on any atom is 0.222 e. The van der Waals surface area contributed by atoms with Gasteiger partial charge in [0.2, 0.25) is 5.91 Å². The SMILES string of the molecule is NC(CC(=O)NC1CCCNC1)c1ccccc1. The largest absolute Gasteiger partial charge is 0.352 e. The molecule has 0 aromatic heterocycles. The summed E-state index contributed by atoms with van der Waals surface area (Å²) in [6.07, 6.45) is 2.52. The van der Waals surface area contributed by atoms with Crippen molar-refractivity contribution >= 4 is 5.91 Å². The number of benzene rings is 1. The van der Waals surface area contributed by atoms with E-state index in [2.05, 4.69) is 10.6 Å². The van der Waals surface area contributed by atoms with Gasteiger partial charge >= 0.3 is 0 Å². The first-order chi connectivity index (χ1) is 8.75. The Bertz CT molecular complexity index is 374. The Labute approximate surface area is 108 Å². The average molecular weight is 247 g/mol. The van der Waals surface area contributed by atoms with Crippen molar-refractivity contribution in [3.8, 4) is 0 Å².